The average molecular weight is 365 g/mol. The number of rotatable bonds is 4. The fourth-order valence-corrected chi connectivity index (χ4v) is 5.71. The van der Waals surface area contributed by atoms with Gasteiger partial charge in [0.2, 0.25) is 10.0 Å². The Morgan fingerprint density at radius 1 is 1.12 bits per heavy atom. The summed E-state index contributed by atoms with van der Waals surface area (Å²) >= 11 is 0. The highest BCUT2D eigenvalue weighted by Crippen LogP contribution is 2.34. The van der Waals surface area contributed by atoms with E-state index in [1.54, 1.807) is 11.4 Å². The molecule has 0 radical (unpaired) electrons. The van der Waals surface area contributed by atoms with Gasteiger partial charge in [0, 0.05) is 37.8 Å². The lowest BCUT2D eigenvalue weighted by atomic mass is 9.94. The first-order valence-electron chi connectivity index (χ1n) is 9.32. The third-order valence-corrected chi connectivity index (χ3v) is 7.37. The molecule has 5 rings (SSSR count). The highest BCUT2D eigenvalue weighted by Gasteiger charge is 2.37. The fraction of sp³-hybridized carbons (Fsp3) is 0.684. The van der Waals surface area contributed by atoms with Gasteiger partial charge in [-0.2, -0.15) is 0 Å². The minimum Gasteiger partial charge on any atom is -0.496 e. The van der Waals surface area contributed by atoms with E-state index in [0.717, 1.165) is 38.1 Å². The molecule has 0 unspecified atom stereocenters. The van der Waals surface area contributed by atoms with Gasteiger partial charge in [-0.25, -0.2) is 12.7 Å². The molecule has 1 aromatic carbocycles. The molecule has 138 valence electrons. The van der Waals surface area contributed by atoms with Crippen molar-refractivity contribution >= 4 is 10.0 Å². The molecule has 4 aliphatic rings. The number of hydrogen-bond acceptors (Lipinski definition) is 4. The van der Waals surface area contributed by atoms with E-state index in [4.69, 9.17) is 4.74 Å². The maximum atomic E-state index is 12.0. The number of benzene rings is 1. The third-order valence-electron chi connectivity index (χ3n) is 6.13. The molecule has 3 fully saturated rings. The topological polar surface area (TPSA) is 49.9 Å². The smallest absolute Gasteiger partial charge is 0.211 e. The number of aryl methyl sites for hydroxylation is 2. The summed E-state index contributed by atoms with van der Waals surface area (Å²) in [5.41, 5.74) is 4.15. The molecule has 5 nitrogen and oxygen atoms in total. The Labute approximate surface area is 151 Å². The standard InChI is InChI=1S/C19H28N2O3S/c1-24-19-9-16-5-3-4-15(16)8-17(19)12-20-10-14-6-7-18(20)13-21(11-14)25(2,22)23/h8-9,14,18H,3-7,10-13H2,1-2H3/t14-,18-/m0/s1. The van der Waals surface area contributed by atoms with Crippen molar-refractivity contribution in [2.24, 2.45) is 5.92 Å². The van der Waals surface area contributed by atoms with Crippen LogP contribution in [0, 0.1) is 5.92 Å². The monoisotopic (exact) mass is 364 g/mol. The first-order valence-corrected chi connectivity index (χ1v) is 11.2. The maximum absolute atomic E-state index is 12.0. The van der Waals surface area contributed by atoms with Crippen molar-refractivity contribution in [3.63, 3.8) is 0 Å². The summed E-state index contributed by atoms with van der Waals surface area (Å²) in [4.78, 5) is 2.48. The van der Waals surface area contributed by atoms with Crippen LogP contribution < -0.4 is 4.74 Å². The summed E-state index contributed by atoms with van der Waals surface area (Å²) in [6.45, 7) is 3.14. The van der Waals surface area contributed by atoms with Crippen molar-refractivity contribution in [3.8, 4) is 5.75 Å². The fourth-order valence-electron chi connectivity index (χ4n) is 4.79. The van der Waals surface area contributed by atoms with Crippen LogP contribution in [0.25, 0.3) is 0 Å². The Hall–Kier alpha value is -1.11. The van der Waals surface area contributed by atoms with Crippen molar-refractivity contribution in [2.75, 3.05) is 33.0 Å². The van der Waals surface area contributed by atoms with Crippen LogP contribution in [-0.4, -0.2) is 56.7 Å². The minimum absolute atomic E-state index is 0.312. The van der Waals surface area contributed by atoms with Gasteiger partial charge in [0.1, 0.15) is 5.75 Å². The number of nitrogens with zero attached hydrogens (tertiary/aromatic N) is 2. The molecule has 6 heteroatoms. The van der Waals surface area contributed by atoms with E-state index >= 15 is 0 Å². The first kappa shape index (κ1) is 17.3. The minimum atomic E-state index is -3.11. The van der Waals surface area contributed by atoms with Crippen LogP contribution in [-0.2, 0) is 29.4 Å². The predicted molar refractivity (Wildman–Crippen MR) is 98.4 cm³/mol. The summed E-state index contributed by atoms with van der Waals surface area (Å²) in [5, 5.41) is 0. The van der Waals surface area contributed by atoms with Crippen LogP contribution in [0.5, 0.6) is 5.75 Å². The number of hydrogen-bond donors (Lipinski definition) is 0. The Morgan fingerprint density at radius 3 is 2.60 bits per heavy atom. The Bertz CT molecular complexity index is 762. The molecule has 2 atom stereocenters. The summed E-state index contributed by atoms with van der Waals surface area (Å²) < 4.78 is 31.4. The van der Waals surface area contributed by atoms with Gasteiger partial charge in [-0.1, -0.05) is 6.07 Å². The lowest BCUT2D eigenvalue weighted by molar-refractivity contribution is 0.124. The van der Waals surface area contributed by atoms with Crippen LogP contribution in [0.15, 0.2) is 12.1 Å². The van der Waals surface area contributed by atoms with E-state index in [1.165, 1.54) is 35.8 Å². The van der Waals surface area contributed by atoms with E-state index < -0.39 is 10.0 Å². The quantitative estimate of drug-likeness (QED) is 0.820. The molecular weight excluding hydrogens is 336 g/mol. The molecular formula is C19H28N2O3S. The first-order chi connectivity index (χ1) is 11.9. The normalized spacial score (nSPS) is 27.3. The summed E-state index contributed by atoms with van der Waals surface area (Å²) in [6, 6.07) is 4.86. The van der Waals surface area contributed by atoms with Gasteiger partial charge in [0.15, 0.2) is 0 Å². The predicted octanol–water partition coefficient (Wildman–Crippen LogP) is 2.04. The lowest BCUT2D eigenvalue weighted by Crippen LogP contribution is -2.43. The van der Waals surface area contributed by atoms with Gasteiger partial charge < -0.3 is 4.74 Å². The van der Waals surface area contributed by atoms with Crippen LogP contribution in [0.1, 0.15) is 36.0 Å². The largest absolute Gasteiger partial charge is 0.496 e. The maximum Gasteiger partial charge on any atom is 0.211 e. The van der Waals surface area contributed by atoms with Gasteiger partial charge in [-0.3, -0.25) is 4.90 Å². The SMILES string of the molecule is COc1cc2c(cc1CN1C[C@@H]3CC[C@H]1CN(S(C)(=O)=O)C3)CCC2. The Balaban J connectivity index is 1.57. The van der Waals surface area contributed by atoms with Gasteiger partial charge in [-0.15, -0.1) is 0 Å². The number of methoxy groups -OCH3 is 1. The van der Waals surface area contributed by atoms with Gasteiger partial charge >= 0.3 is 0 Å². The molecule has 3 aliphatic heterocycles. The third kappa shape index (κ3) is 3.44. The zero-order valence-electron chi connectivity index (χ0n) is 15.2. The van der Waals surface area contributed by atoms with Crippen LogP contribution in [0.4, 0.5) is 0 Å². The van der Waals surface area contributed by atoms with Crippen molar-refractivity contribution in [1.29, 1.82) is 0 Å². The summed E-state index contributed by atoms with van der Waals surface area (Å²) in [7, 11) is -1.36. The zero-order valence-corrected chi connectivity index (χ0v) is 16.0. The van der Waals surface area contributed by atoms with Crippen molar-refractivity contribution in [3.05, 3.63) is 28.8 Å². The van der Waals surface area contributed by atoms with E-state index in [1.807, 2.05) is 0 Å². The van der Waals surface area contributed by atoms with Crippen LogP contribution in [0.3, 0.4) is 0 Å². The average Bonchev–Trinajstić information content (AvgIpc) is 2.80. The Kier molecular flexibility index (Phi) is 4.54. The van der Waals surface area contributed by atoms with Crippen molar-refractivity contribution in [1.82, 2.24) is 9.21 Å². The highest BCUT2D eigenvalue weighted by atomic mass is 32.2. The second-order valence-electron chi connectivity index (χ2n) is 7.89. The molecule has 0 saturated carbocycles. The van der Waals surface area contributed by atoms with E-state index in [-0.39, 0.29) is 0 Å². The molecule has 0 amide bonds. The summed E-state index contributed by atoms with van der Waals surface area (Å²) in [5.74, 6) is 1.43. The molecule has 3 heterocycles. The number of sulfonamides is 1. The molecule has 1 aliphatic carbocycles. The van der Waals surface area contributed by atoms with E-state index in [2.05, 4.69) is 17.0 Å². The van der Waals surface area contributed by atoms with Crippen LogP contribution >= 0.6 is 0 Å². The highest BCUT2D eigenvalue weighted by molar-refractivity contribution is 7.88. The molecule has 1 aromatic rings. The van der Waals surface area contributed by atoms with Gasteiger partial charge in [-0.05, 0) is 55.2 Å². The second kappa shape index (κ2) is 6.56. The number of ether oxygens (including phenoxy) is 1. The summed E-state index contributed by atoms with van der Waals surface area (Å²) in [6.07, 6.45) is 7.12. The lowest BCUT2D eigenvalue weighted by Gasteiger charge is -2.36. The molecule has 0 N–H and O–H groups in total. The van der Waals surface area contributed by atoms with Crippen molar-refractivity contribution in [2.45, 2.75) is 44.7 Å². The molecule has 3 saturated heterocycles. The molecule has 2 bridgehead atoms. The van der Waals surface area contributed by atoms with Crippen molar-refractivity contribution < 1.29 is 13.2 Å². The van der Waals surface area contributed by atoms with Gasteiger partial charge in [0.05, 0.1) is 13.4 Å². The van der Waals surface area contributed by atoms with Gasteiger partial charge in [0.25, 0.3) is 0 Å². The van der Waals surface area contributed by atoms with E-state index in [0.29, 0.717) is 25.0 Å². The van der Waals surface area contributed by atoms with E-state index in [9.17, 15) is 8.42 Å². The van der Waals surface area contributed by atoms with Crippen LogP contribution in [0.2, 0.25) is 0 Å². The molecule has 0 spiro atoms. The Morgan fingerprint density at radius 2 is 1.88 bits per heavy atom. The molecule has 0 aromatic heterocycles. The number of fused-ring (bicyclic) bond motifs is 5. The zero-order chi connectivity index (χ0) is 17.6. The second-order valence-corrected chi connectivity index (χ2v) is 9.88. The number of piperidine rings is 1. The molecule has 25 heavy (non-hydrogen) atoms.